The van der Waals surface area contributed by atoms with E-state index < -0.39 is 16.1 Å². The lowest BCUT2D eigenvalue weighted by Gasteiger charge is -2.06. The minimum atomic E-state index is -3.98. The molecule has 1 heterocycles. The van der Waals surface area contributed by atoms with E-state index in [0.29, 0.717) is 10.7 Å². The number of carbonyl (C=O) groups is 1. The Morgan fingerprint density at radius 1 is 1.29 bits per heavy atom. The van der Waals surface area contributed by atoms with Crippen molar-refractivity contribution in [2.45, 2.75) is 4.90 Å². The Balaban J connectivity index is 2.15. The fourth-order valence-corrected chi connectivity index (χ4v) is 2.35. The van der Waals surface area contributed by atoms with E-state index in [-0.39, 0.29) is 10.7 Å². The smallest absolute Gasteiger partial charge is 0.308 e. The van der Waals surface area contributed by atoms with E-state index in [1.165, 1.54) is 17.9 Å². The minimum absolute atomic E-state index is 0.147. The van der Waals surface area contributed by atoms with E-state index in [1.807, 2.05) is 0 Å². The van der Waals surface area contributed by atoms with Crippen LogP contribution in [0.3, 0.4) is 0 Å². The van der Waals surface area contributed by atoms with E-state index in [2.05, 4.69) is 15.7 Å². The lowest BCUT2D eigenvalue weighted by molar-refractivity contribution is 0.262. The van der Waals surface area contributed by atoms with Crippen LogP contribution in [-0.2, 0) is 17.1 Å². The summed E-state index contributed by atoms with van der Waals surface area (Å²) in [6, 6.07) is 5.75. The number of primary sulfonamides is 1. The number of nitrogens with one attached hydrogen (secondary N) is 2. The summed E-state index contributed by atoms with van der Waals surface area (Å²) in [5.74, 6) is -0.147. The second-order valence-electron chi connectivity index (χ2n) is 4.15. The molecule has 0 fully saturated rings. The molecule has 10 heteroatoms. The molecule has 112 valence electrons. The van der Waals surface area contributed by atoms with Crippen LogP contribution in [0.2, 0.25) is 5.02 Å². The molecule has 0 bridgehead atoms. The van der Waals surface area contributed by atoms with Gasteiger partial charge in [0.1, 0.15) is 4.90 Å². The molecule has 1 aromatic carbocycles. The number of benzene rings is 1. The second-order valence-corrected chi connectivity index (χ2v) is 6.11. The highest BCUT2D eigenvalue weighted by atomic mass is 35.5. The van der Waals surface area contributed by atoms with E-state index >= 15 is 0 Å². The molecule has 2 rings (SSSR count). The summed E-state index contributed by atoms with van der Waals surface area (Å²) in [5, 5.41) is 14.3. The van der Waals surface area contributed by atoms with Gasteiger partial charge in [0, 0.05) is 24.0 Å². The highest BCUT2D eigenvalue weighted by Gasteiger charge is 2.19. The molecule has 0 atom stereocenters. The van der Waals surface area contributed by atoms with Gasteiger partial charge < -0.3 is 5.32 Å². The molecule has 0 saturated heterocycles. The lowest BCUT2D eigenvalue weighted by Crippen LogP contribution is -2.22. The first-order valence-electron chi connectivity index (χ1n) is 5.66. The standard InChI is InChI=1S/C11H12ClN5O3S/c1-17-6-9(21(13,19)20)10(16-17)15-11(18)14-8-4-2-7(12)3-5-8/h2-6H,1H3,(H2,13,19,20)(H2,14,15,16,18). The van der Waals surface area contributed by atoms with Gasteiger partial charge in [-0.25, -0.2) is 18.4 Å². The fraction of sp³-hybridized carbons (Fsp3) is 0.0909. The van der Waals surface area contributed by atoms with Crippen molar-refractivity contribution in [2.24, 2.45) is 12.2 Å². The van der Waals surface area contributed by atoms with Crippen molar-refractivity contribution in [1.29, 1.82) is 0 Å². The highest BCUT2D eigenvalue weighted by molar-refractivity contribution is 7.89. The third kappa shape index (κ3) is 3.94. The summed E-state index contributed by atoms with van der Waals surface area (Å²) in [4.78, 5) is 11.5. The molecular weight excluding hydrogens is 318 g/mol. The van der Waals surface area contributed by atoms with E-state index in [1.54, 1.807) is 24.3 Å². The van der Waals surface area contributed by atoms with Crippen LogP contribution in [0.25, 0.3) is 0 Å². The number of anilines is 2. The summed E-state index contributed by atoms with van der Waals surface area (Å²) in [7, 11) is -2.47. The number of hydrogen-bond acceptors (Lipinski definition) is 4. The molecule has 0 aliphatic heterocycles. The first-order valence-corrected chi connectivity index (χ1v) is 7.58. The number of nitrogens with two attached hydrogens (primary N) is 1. The Bertz CT molecular complexity index is 770. The maximum Gasteiger partial charge on any atom is 0.324 e. The van der Waals surface area contributed by atoms with Gasteiger partial charge in [0.2, 0.25) is 10.0 Å². The van der Waals surface area contributed by atoms with Gasteiger partial charge in [0.15, 0.2) is 5.82 Å². The predicted octanol–water partition coefficient (Wildman–Crippen LogP) is 1.36. The number of amides is 2. The van der Waals surface area contributed by atoms with Gasteiger partial charge >= 0.3 is 6.03 Å². The van der Waals surface area contributed by atoms with E-state index in [4.69, 9.17) is 16.7 Å². The molecule has 8 nitrogen and oxygen atoms in total. The van der Waals surface area contributed by atoms with Crippen molar-refractivity contribution in [1.82, 2.24) is 9.78 Å². The molecule has 2 amide bonds. The normalized spacial score (nSPS) is 11.2. The van der Waals surface area contributed by atoms with Crippen molar-refractivity contribution in [3.63, 3.8) is 0 Å². The van der Waals surface area contributed by atoms with Crippen molar-refractivity contribution in [3.05, 3.63) is 35.5 Å². The molecule has 2 aromatic rings. The fourth-order valence-electron chi connectivity index (χ4n) is 1.56. The Kier molecular flexibility index (Phi) is 4.16. The summed E-state index contributed by atoms with van der Waals surface area (Å²) in [6.07, 6.45) is 1.20. The highest BCUT2D eigenvalue weighted by Crippen LogP contribution is 2.18. The predicted molar refractivity (Wildman–Crippen MR) is 78.7 cm³/mol. The average molecular weight is 330 g/mol. The number of aromatic nitrogens is 2. The summed E-state index contributed by atoms with van der Waals surface area (Å²) in [6.45, 7) is 0. The largest absolute Gasteiger partial charge is 0.324 e. The first-order chi connectivity index (χ1) is 9.75. The number of rotatable bonds is 3. The van der Waals surface area contributed by atoms with Crippen LogP contribution >= 0.6 is 11.6 Å². The zero-order valence-corrected chi connectivity index (χ0v) is 12.4. The SMILES string of the molecule is Cn1cc(S(N)(=O)=O)c(NC(=O)Nc2ccc(Cl)cc2)n1. The lowest BCUT2D eigenvalue weighted by atomic mass is 10.3. The molecule has 1 aromatic heterocycles. The molecule has 0 aliphatic rings. The number of sulfonamides is 1. The van der Waals surface area contributed by atoms with Crippen LogP contribution in [0, 0.1) is 0 Å². The molecule has 0 unspecified atom stereocenters. The minimum Gasteiger partial charge on any atom is -0.308 e. The monoisotopic (exact) mass is 329 g/mol. The van der Waals surface area contributed by atoms with Gasteiger partial charge in [0.05, 0.1) is 0 Å². The third-order valence-corrected chi connectivity index (χ3v) is 3.60. The Hall–Kier alpha value is -2.10. The summed E-state index contributed by atoms with van der Waals surface area (Å²) >= 11 is 5.73. The van der Waals surface area contributed by atoms with Crippen molar-refractivity contribution in [3.8, 4) is 0 Å². The molecule has 0 spiro atoms. The van der Waals surface area contributed by atoms with Gasteiger partial charge in [-0.05, 0) is 24.3 Å². The maximum absolute atomic E-state index is 11.8. The van der Waals surface area contributed by atoms with Crippen LogP contribution in [0.5, 0.6) is 0 Å². The van der Waals surface area contributed by atoms with Gasteiger partial charge in [-0.2, -0.15) is 5.10 Å². The van der Waals surface area contributed by atoms with E-state index in [0.717, 1.165) is 0 Å². The average Bonchev–Trinajstić information content (AvgIpc) is 2.73. The zero-order valence-electron chi connectivity index (χ0n) is 10.9. The van der Waals surface area contributed by atoms with Crippen LogP contribution in [0.4, 0.5) is 16.3 Å². The van der Waals surface area contributed by atoms with Gasteiger partial charge in [0.25, 0.3) is 0 Å². The van der Waals surface area contributed by atoms with E-state index in [9.17, 15) is 13.2 Å². The summed E-state index contributed by atoms with van der Waals surface area (Å²) in [5.41, 5.74) is 0.491. The Labute approximate surface area is 125 Å². The Morgan fingerprint density at radius 2 is 1.90 bits per heavy atom. The van der Waals surface area contributed by atoms with Gasteiger partial charge in [-0.3, -0.25) is 10.00 Å². The third-order valence-electron chi connectivity index (χ3n) is 2.44. The first kappa shape index (κ1) is 15.3. The van der Waals surface area contributed by atoms with Crippen LogP contribution in [0.1, 0.15) is 0 Å². The Morgan fingerprint density at radius 3 is 2.48 bits per heavy atom. The number of urea groups is 1. The summed E-state index contributed by atoms with van der Waals surface area (Å²) < 4.78 is 24.0. The molecule has 0 aliphatic carbocycles. The molecule has 0 saturated carbocycles. The molecular formula is C11H12ClN5O3S. The van der Waals surface area contributed by atoms with Gasteiger partial charge in [-0.15, -0.1) is 0 Å². The van der Waals surface area contributed by atoms with Crippen molar-refractivity contribution in [2.75, 3.05) is 10.6 Å². The van der Waals surface area contributed by atoms with Crippen LogP contribution in [0.15, 0.2) is 35.4 Å². The molecule has 4 N–H and O–H groups in total. The van der Waals surface area contributed by atoms with Crippen molar-refractivity contribution >= 4 is 39.2 Å². The van der Waals surface area contributed by atoms with Gasteiger partial charge in [-0.1, -0.05) is 11.6 Å². The number of carbonyl (C=O) groups excluding carboxylic acids is 1. The number of aryl methyl sites for hydroxylation is 1. The number of nitrogens with zero attached hydrogens (tertiary/aromatic N) is 2. The maximum atomic E-state index is 11.8. The topological polar surface area (TPSA) is 119 Å². The second kappa shape index (κ2) is 5.72. The molecule has 21 heavy (non-hydrogen) atoms. The quantitative estimate of drug-likeness (QED) is 0.787. The van der Waals surface area contributed by atoms with Crippen LogP contribution in [-0.4, -0.2) is 24.2 Å². The van der Waals surface area contributed by atoms with Crippen LogP contribution < -0.4 is 15.8 Å². The molecule has 0 radical (unpaired) electrons. The number of hydrogen-bond donors (Lipinski definition) is 3. The zero-order chi connectivity index (χ0) is 15.6. The number of halogens is 1. The van der Waals surface area contributed by atoms with Crippen molar-refractivity contribution < 1.29 is 13.2 Å².